The number of carbonyl (C=O) groups is 2. The van der Waals surface area contributed by atoms with Gasteiger partial charge >= 0.3 is 11.9 Å². The molecule has 0 amide bonds. The van der Waals surface area contributed by atoms with Crippen LogP contribution in [0.4, 0.5) is 0 Å². The Kier molecular flexibility index (Phi) is 3.98. The van der Waals surface area contributed by atoms with Gasteiger partial charge in [-0.05, 0) is 49.4 Å². The van der Waals surface area contributed by atoms with Crippen LogP contribution in [0.5, 0.6) is 0 Å². The fourth-order valence-electron chi connectivity index (χ4n) is 4.22. The Morgan fingerprint density at radius 3 is 2.56 bits per heavy atom. The van der Waals surface area contributed by atoms with Gasteiger partial charge in [0.05, 0.1) is 29.2 Å². The molecule has 2 N–H and O–H groups in total. The Morgan fingerprint density at radius 2 is 1.85 bits per heavy atom. The van der Waals surface area contributed by atoms with E-state index in [2.05, 4.69) is 21.7 Å². The van der Waals surface area contributed by atoms with Crippen LogP contribution in [0.2, 0.25) is 0 Å². The average molecular weight is 364 g/mol. The Hall–Kier alpha value is -3.15. The number of aryl methyl sites for hydroxylation is 3. The molecule has 0 fully saturated rings. The summed E-state index contributed by atoms with van der Waals surface area (Å²) < 4.78 is 2.20. The molecule has 4 rings (SSSR count). The molecule has 1 aliphatic carbocycles. The molecule has 0 spiro atoms. The maximum absolute atomic E-state index is 11.9. The predicted octanol–water partition coefficient (Wildman–Crippen LogP) is 2.94. The first-order valence-corrected chi connectivity index (χ1v) is 8.93. The van der Waals surface area contributed by atoms with E-state index >= 15 is 0 Å². The van der Waals surface area contributed by atoms with E-state index in [4.69, 9.17) is 0 Å². The number of nitrogens with zero attached hydrogens (tertiary/aromatic N) is 2. The van der Waals surface area contributed by atoms with Crippen molar-refractivity contribution in [1.82, 2.24) is 4.57 Å². The molecule has 2 heterocycles. The van der Waals surface area contributed by atoms with Gasteiger partial charge in [-0.15, -0.1) is 0 Å². The quantitative estimate of drug-likeness (QED) is 0.819. The molecule has 0 saturated carbocycles. The lowest BCUT2D eigenvalue weighted by atomic mass is 9.83. The zero-order chi connectivity index (χ0) is 19.3. The van der Waals surface area contributed by atoms with E-state index in [-0.39, 0.29) is 5.57 Å². The van der Waals surface area contributed by atoms with Crippen molar-refractivity contribution < 1.29 is 19.8 Å². The van der Waals surface area contributed by atoms with Gasteiger partial charge in [-0.2, -0.15) is 0 Å². The Balaban J connectivity index is 2.05. The minimum atomic E-state index is -1.26. The van der Waals surface area contributed by atoms with Crippen LogP contribution in [0.1, 0.15) is 34.9 Å². The van der Waals surface area contributed by atoms with Gasteiger partial charge in [-0.3, -0.25) is 4.99 Å². The van der Waals surface area contributed by atoms with Gasteiger partial charge < -0.3 is 14.8 Å². The summed E-state index contributed by atoms with van der Waals surface area (Å²) in [4.78, 5) is 27.6. The number of aliphatic carboxylic acids is 2. The number of hydrogen-bond donors (Lipinski definition) is 2. The average Bonchev–Trinajstić information content (AvgIpc) is 2.99. The molecule has 6 heteroatoms. The molecule has 0 saturated heterocycles. The topological polar surface area (TPSA) is 91.9 Å². The van der Waals surface area contributed by atoms with Crippen LogP contribution in [0.25, 0.3) is 16.8 Å². The molecule has 1 aliphatic heterocycles. The van der Waals surface area contributed by atoms with Crippen LogP contribution < -0.4 is 0 Å². The molecule has 0 bridgehead atoms. The molecule has 6 nitrogen and oxygen atoms in total. The van der Waals surface area contributed by atoms with Crippen molar-refractivity contribution in [2.45, 2.75) is 33.2 Å². The molecule has 0 radical (unpaired) electrons. The molecule has 2 aromatic rings. The normalized spacial score (nSPS) is 15.5. The maximum atomic E-state index is 11.9. The van der Waals surface area contributed by atoms with E-state index in [1.54, 1.807) is 6.07 Å². The molecule has 0 atom stereocenters. The maximum Gasteiger partial charge on any atom is 0.336 e. The summed E-state index contributed by atoms with van der Waals surface area (Å²) in [6, 6.07) is 5.99. The van der Waals surface area contributed by atoms with Crippen LogP contribution in [0, 0.1) is 6.92 Å². The van der Waals surface area contributed by atoms with Gasteiger partial charge in [0.2, 0.25) is 0 Å². The number of rotatable bonds is 3. The van der Waals surface area contributed by atoms with E-state index < -0.39 is 11.9 Å². The fraction of sp³-hybridized carbons (Fsp3) is 0.286. The number of hydrogen-bond acceptors (Lipinski definition) is 3. The van der Waals surface area contributed by atoms with Crippen molar-refractivity contribution in [3.8, 4) is 11.3 Å². The second-order valence-electron chi connectivity index (χ2n) is 7.07. The number of aromatic nitrogens is 1. The highest BCUT2D eigenvalue weighted by molar-refractivity contribution is 6.21. The van der Waals surface area contributed by atoms with Gasteiger partial charge in [0.15, 0.2) is 0 Å². The lowest BCUT2D eigenvalue weighted by molar-refractivity contribution is -0.133. The molecule has 1 aromatic carbocycles. The molecule has 1 aromatic heterocycles. The predicted molar refractivity (Wildman–Crippen MR) is 102 cm³/mol. The van der Waals surface area contributed by atoms with Crippen molar-refractivity contribution in [3.63, 3.8) is 0 Å². The SMILES string of the molecule is CC1=NCCn2c1cc1c2-c2c(cc(C)cc2C(=CC(=O)O)C(=O)O)CC1. The van der Waals surface area contributed by atoms with Crippen LogP contribution in [0.3, 0.4) is 0 Å². The largest absolute Gasteiger partial charge is 0.478 e. The third-order valence-corrected chi connectivity index (χ3v) is 5.27. The summed E-state index contributed by atoms with van der Waals surface area (Å²) in [5, 5.41) is 18.9. The Bertz CT molecular complexity index is 1060. The molecule has 2 aliphatic rings. The second-order valence-corrected chi connectivity index (χ2v) is 7.07. The van der Waals surface area contributed by atoms with E-state index in [0.29, 0.717) is 12.1 Å². The lowest BCUT2D eigenvalue weighted by Gasteiger charge is -2.25. The Morgan fingerprint density at radius 1 is 1.11 bits per heavy atom. The smallest absolute Gasteiger partial charge is 0.336 e. The standard InChI is InChI=1S/C21H20N2O4/c1-11-7-13-3-4-14-9-17-12(2)22-5-6-23(17)20(14)19(13)15(8-11)16(21(26)27)10-18(24)25/h7-10H,3-6H2,1-2H3,(H,24,25)(H,26,27). The first-order chi connectivity index (χ1) is 12.9. The summed E-state index contributed by atoms with van der Waals surface area (Å²) in [5.74, 6) is -2.50. The molecular formula is C21H20N2O4. The minimum absolute atomic E-state index is 0.188. The number of aliphatic imine (C=N–C) groups is 1. The number of benzene rings is 1. The van der Waals surface area contributed by atoms with Crippen LogP contribution in [-0.2, 0) is 29.0 Å². The number of carboxylic acid groups (broad SMARTS) is 2. The van der Waals surface area contributed by atoms with Gasteiger partial charge in [0.1, 0.15) is 0 Å². The van der Waals surface area contributed by atoms with E-state index in [9.17, 15) is 19.8 Å². The monoisotopic (exact) mass is 364 g/mol. The van der Waals surface area contributed by atoms with Crippen molar-refractivity contribution >= 4 is 23.2 Å². The van der Waals surface area contributed by atoms with Crippen molar-refractivity contribution in [3.05, 3.63) is 52.2 Å². The summed E-state index contributed by atoms with van der Waals surface area (Å²) >= 11 is 0. The van der Waals surface area contributed by atoms with Crippen molar-refractivity contribution in [2.75, 3.05) is 6.54 Å². The van der Waals surface area contributed by atoms with Gasteiger partial charge in [0.25, 0.3) is 0 Å². The van der Waals surface area contributed by atoms with E-state index in [1.807, 2.05) is 13.8 Å². The summed E-state index contributed by atoms with van der Waals surface area (Å²) in [5.41, 5.74) is 7.33. The highest BCUT2D eigenvalue weighted by atomic mass is 16.4. The van der Waals surface area contributed by atoms with Crippen LogP contribution in [0.15, 0.2) is 29.3 Å². The summed E-state index contributed by atoms with van der Waals surface area (Å²) in [7, 11) is 0. The third kappa shape index (κ3) is 2.77. The van der Waals surface area contributed by atoms with Gasteiger partial charge in [-0.25, -0.2) is 9.59 Å². The second kappa shape index (κ2) is 6.23. The fourth-order valence-corrected chi connectivity index (χ4v) is 4.22. The molecular weight excluding hydrogens is 344 g/mol. The zero-order valence-corrected chi connectivity index (χ0v) is 15.2. The van der Waals surface area contributed by atoms with Crippen LogP contribution in [-0.4, -0.2) is 39.0 Å². The first kappa shape index (κ1) is 17.3. The number of fused-ring (bicyclic) bond motifs is 5. The zero-order valence-electron chi connectivity index (χ0n) is 15.2. The summed E-state index contributed by atoms with van der Waals surface area (Å²) in [6.07, 6.45) is 2.47. The molecule has 138 valence electrons. The first-order valence-electron chi connectivity index (χ1n) is 8.93. The highest BCUT2D eigenvalue weighted by Gasteiger charge is 2.29. The lowest BCUT2D eigenvalue weighted by Crippen LogP contribution is -2.18. The number of carboxylic acids is 2. The van der Waals surface area contributed by atoms with Crippen LogP contribution >= 0.6 is 0 Å². The molecule has 0 unspecified atom stereocenters. The van der Waals surface area contributed by atoms with E-state index in [1.165, 1.54) is 5.56 Å². The van der Waals surface area contributed by atoms with Gasteiger partial charge in [-0.1, -0.05) is 17.7 Å². The Labute approximate surface area is 156 Å². The van der Waals surface area contributed by atoms with E-state index in [0.717, 1.165) is 59.3 Å². The van der Waals surface area contributed by atoms with Crippen molar-refractivity contribution in [1.29, 1.82) is 0 Å². The highest BCUT2D eigenvalue weighted by Crippen LogP contribution is 2.42. The third-order valence-electron chi connectivity index (χ3n) is 5.27. The molecule has 27 heavy (non-hydrogen) atoms. The van der Waals surface area contributed by atoms with Crippen molar-refractivity contribution in [2.24, 2.45) is 4.99 Å². The minimum Gasteiger partial charge on any atom is -0.478 e. The summed E-state index contributed by atoms with van der Waals surface area (Å²) in [6.45, 7) is 5.32. The van der Waals surface area contributed by atoms with Gasteiger partial charge in [0, 0.05) is 18.2 Å².